The second-order valence-electron chi connectivity index (χ2n) is 2.32. The second-order valence-corrected chi connectivity index (χ2v) is 2.59. The first-order valence-corrected chi connectivity index (χ1v) is 3.80. The molecule has 54 valence electrons. The van der Waals surface area contributed by atoms with Crippen molar-refractivity contribution >= 4 is 17.9 Å². The molecule has 9 heavy (non-hydrogen) atoms. The molecular weight excluding hydrogens is 136 g/mol. The van der Waals surface area contributed by atoms with Crippen molar-refractivity contribution in [3.63, 3.8) is 0 Å². The summed E-state index contributed by atoms with van der Waals surface area (Å²) in [6, 6.07) is 0. The number of carbonyl (C=O) groups is 1. The van der Waals surface area contributed by atoms with Gasteiger partial charge in [0.05, 0.1) is 0 Å². The summed E-state index contributed by atoms with van der Waals surface area (Å²) in [5, 5.41) is 0. The van der Waals surface area contributed by atoms with E-state index in [2.05, 4.69) is 0 Å². The Kier molecular flexibility index (Phi) is 3.87. The van der Waals surface area contributed by atoms with Crippen LogP contribution in [-0.4, -0.2) is 12.2 Å². The first-order chi connectivity index (χ1) is 4.24. The van der Waals surface area contributed by atoms with Crippen LogP contribution in [0.3, 0.4) is 0 Å². The van der Waals surface area contributed by atoms with Crippen molar-refractivity contribution in [3.8, 4) is 0 Å². The van der Waals surface area contributed by atoms with Crippen molar-refractivity contribution in [3.05, 3.63) is 0 Å². The zero-order valence-corrected chi connectivity index (χ0v) is 6.74. The quantitative estimate of drug-likeness (QED) is 0.442. The number of halogens is 1. The Morgan fingerprint density at radius 3 is 1.89 bits per heavy atom. The summed E-state index contributed by atoms with van der Waals surface area (Å²) >= 11 is 5.59. The highest BCUT2D eigenvalue weighted by Crippen LogP contribution is 2.24. The maximum Gasteiger partial charge on any atom is 0.127 e. The molecule has 0 unspecified atom stereocenters. The van der Waals surface area contributed by atoms with Crippen LogP contribution in [-0.2, 0) is 4.79 Å². The van der Waals surface area contributed by atoms with Gasteiger partial charge in [-0.25, -0.2) is 0 Å². The SMILES string of the molecule is CCC(C=O)(CC)CCl. The molecule has 0 radical (unpaired) electrons. The van der Waals surface area contributed by atoms with Crippen LogP contribution in [0.4, 0.5) is 0 Å². The van der Waals surface area contributed by atoms with Gasteiger partial charge in [-0.3, -0.25) is 0 Å². The highest BCUT2D eigenvalue weighted by molar-refractivity contribution is 6.19. The lowest BCUT2D eigenvalue weighted by Gasteiger charge is -2.20. The Bertz CT molecular complexity index is 78.7. The first kappa shape index (κ1) is 8.96. The van der Waals surface area contributed by atoms with Gasteiger partial charge < -0.3 is 4.79 Å². The molecule has 0 atom stereocenters. The molecule has 0 rings (SSSR count). The molecule has 0 aromatic carbocycles. The van der Waals surface area contributed by atoms with E-state index in [-0.39, 0.29) is 5.41 Å². The summed E-state index contributed by atoms with van der Waals surface area (Å²) in [5.74, 6) is 0.448. The van der Waals surface area contributed by atoms with Crippen LogP contribution >= 0.6 is 11.6 Å². The Hall–Kier alpha value is -0.0400. The zero-order chi connectivity index (χ0) is 7.33. The van der Waals surface area contributed by atoms with Crippen LogP contribution in [0.25, 0.3) is 0 Å². The van der Waals surface area contributed by atoms with E-state index >= 15 is 0 Å². The van der Waals surface area contributed by atoms with Gasteiger partial charge in [-0.15, -0.1) is 11.6 Å². The molecule has 0 aromatic heterocycles. The van der Waals surface area contributed by atoms with Crippen molar-refractivity contribution in [1.82, 2.24) is 0 Å². The largest absolute Gasteiger partial charge is 0.303 e. The van der Waals surface area contributed by atoms with Crippen molar-refractivity contribution in [1.29, 1.82) is 0 Å². The number of hydrogen-bond acceptors (Lipinski definition) is 1. The smallest absolute Gasteiger partial charge is 0.127 e. The Labute approximate surface area is 61.4 Å². The van der Waals surface area contributed by atoms with Crippen molar-refractivity contribution in [2.75, 3.05) is 5.88 Å². The van der Waals surface area contributed by atoms with E-state index < -0.39 is 0 Å². The number of alkyl halides is 1. The van der Waals surface area contributed by atoms with E-state index in [1.165, 1.54) is 0 Å². The van der Waals surface area contributed by atoms with Crippen LogP contribution in [0.5, 0.6) is 0 Å². The zero-order valence-electron chi connectivity index (χ0n) is 5.98. The lowest BCUT2D eigenvalue weighted by molar-refractivity contribution is -0.115. The molecule has 2 heteroatoms. The summed E-state index contributed by atoms with van der Waals surface area (Å²) in [7, 11) is 0. The molecule has 0 aliphatic carbocycles. The molecule has 0 N–H and O–H groups in total. The predicted octanol–water partition coefficient (Wildman–Crippen LogP) is 2.23. The molecule has 0 amide bonds. The van der Waals surface area contributed by atoms with E-state index in [1.807, 2.05) is 13.8 Å². The number of aldehydes is 1. The van der Waals surface area contributed by atoms with Crippen LogP contribution in [0.1, 0.15) is 26.7 Å². The van der Waals surface area contributed by atoms with Crippen LogP contribution in [0.2, 0.25) is 0 Å². The van der Waals surface area contributed by atoms with Gasteiger partial charge in [0.1, 0.15) is 6.29 Å². The van der Waals surface area contributed by atoms with E-state index in [9.17, 15) is 4.79 Å². The highest BCUT2D eigenvalue weighted by atomic mass is 35.5. The molecule has 0 saturated heterocycles. The standard InChI is InChI=1S/C7H13ClO/c1-3-7(4-2,5-8)6-9/h6H,3-5H2,1-2H3. The lowest BCUT2D eigenvalue weighted by Crippen LogP contribution is -2.22. The van der Waals surface area contributed by atoms with Crippen molar-refractivity contribution in [2.45, 2.75) is 26.7 Å². The van der Waals surface area contributed by atoms with Gasteiger partial charge in [-0.2, -0.15) is 0 Å². The molecule has 0 saturated carbocycles. The summed E-state index contributed by atoms with van der Waals surface area (Å²) in [5.41, 5.74) is -0.248. The summed E-state index contributed by atoms with van der Waals surface area (Å²) < 4.78 is 0. The van der Waals surface area contributed by atoms with Gasteiger partial charge in [-0.05, 0) is 12.8 Å². The topological polar surface area (TPSA) is 17.1 Å². The third kappa shape index (κ3) is 1.98. The predicted molar refractivity (Wildman–Crippen MR) is 39.8 cm³/mol. The number of rotatable bonds is 4. The highest BCUT2D eigenvalue weighted by Gasteiger charge is 2.23. The average molecular weight is 149 g/mol. The van der Waals surface area contributed by atoms with Gasteiger partial charge in [-0.1, -0.05) is 13.8 Å². The number of carbonyl (C=O) groups excluding carboxylic acids is 1. The minimum absolute atomic E-state index is 0.248. The van der Waals surface area contributed by atoms with E-state index in [1.54, 1.807) is 0 Å². The lowest BCUT2D eigenvalue weighted by atomic mass is 9.86. The van der Waals surface area contributed by atoms with Crippen molar-refractivity contribution < 1.29 is 4.79 Å². The monoisotopic (exact) mass is 148 g/mol. The van der Waals surface area contributed by atoms with Gasteiger partial charge in [0, 0.05) is 11.3 Å². The average Bonchev–Trinajstić information content (AvgIpc) is 1.95. The van der Waals surface area contributed by atoms with E-state index in [0.29, 0.717) is 5.88 Å². The minimum Gasteiger partial charge on any atom is -0.303 e. The molecule has 0 aromatic rings. The third-order valence-corrected chi connectivity index (χ3v) is 2.46. The summed E-state index contributed by atoms with van der Waals surface area (Å²) in [4.78, 5) is 10.4. The first-order valence-electron chi connectivity index (χ1n) is 3.27. The third-order valence-electron chi connectivity index (χ3n) is 1.92. The van der Waals surface area contributed by atoms with Gasteiger partial charge in [0.2, 0.25) is 0 Å². The van der Waals surface area contributed by atoms with Gasteiger partial charge in [0.25, 0.3) is 0 Å². The van der Waals surface area contributed by atoms with E-state index in [0.717, 1.165) is 19.1 Å². The van der Waals surface area contributed by atoms with Gasteiger partial charge in [0.15, 0.2) is 0 Å². The maximum absolute atomic E-state index is 10.4. The molecule has 0 heterocycles. The van der Waals surface area contributed by atoms with Gasteiger partial charge >= 0.3 is 0 Å². The second kappa shape index (κ2) is 3.89. The van der Waals surface area contributed by atoms with Crippen LogP contribution in [0.15, 0.2) is 0 Å². The fourth-order valence-electron chi connectivity index (χ4n) is 0.637. The van der Waals surface area contributed by atoms with Crippen LogP contribution in [0, 0.1) is 5.41 Å². The molecule has 1 nitrogen and oxygen atoms in total. The Balaban J connectivity index is 3.98. The molecular formula is C7H13ClO. The normalized spacial score (nSPS) is 11.4. The molecule has 0 aliphatic heterocycles. The van der Waals surface area contributed by atoms with E-state index in [4.69, 9.17) is 11.6 Å². The summed E-state index contributed by atoms with van der Waals surface area (Å²) in [6.45, 7) is 3.97. The van der Waals surface area contributed by atoms with Crippen molar-refractivity contribution in [2.24, 2.45) is 5.41 Å². The Morgan fingerprint density at radius 2 is 1.89 bits per heavy atom. The Morgan fingerprint density at radius 1 is 1.44 bits per heavy atom. The fraction of sp³-hybridized carbons (Fsp3) is 0.857. The molecule has 0 spiro atoms. The molecule has 0 aliphatic rings. The maximum atomic E-state index is 10.4. The molecule has 0 bridgehead atoms. The fourth-order valence-corrected chi connectivity index (χ4v) is 1.08. The minimum atomic E-state index is -0.248. The summed E-state index contributed by atoms with van der Waals surface area (Å²) in [6.07, 6.45) is 2.66. The number of hydrogen-bond donors (Lipinski definition) is 0. The van der Waals surface area contributed by atoms with Crippen LogP contribution < -0.4 is 0 Å². The molecule has 0 fully saturated rings.